The van der Waals surface area contributed by atoms with Crippen LogP contribution in [0.4, 0.5) is 0 Å². The quantitative estimate of drug-likeness (QED) is 0.271. The van der Waals surface area contributed by atoms with Crippen molar-refractivity contribution in [2.75, 3.05) is 7.11 Å². The van der Waals surface area contributed by atoms with Crippen LogP contribution in [0.3, 0.4) is 0 Å². The molecule has 6 heteroatoms. The van der Waals surface area contributed by atoms with Crippen LogP contribution in [-0.2, 0) is 30.1 Å². The van der Waals surface area contributed by atoms with Crippen molar-refractivity contribution in [3.05, 3.63) is 96.6 Å². The number of methoxy groups -OCH3 is 1. The van der Waals surface area contributed by atoms with Crippen molar-refractivity contribution >= 4 is 30.6 Å². The van der Waals surface area contributed by atoms with Gasteiger partial charge >= 0.3 is 11.9 Å². The molecule has 3 aromatic carbocycles. The predicted octanol–water partition coefficient (Wildman–Crippen LogP) is 5.65. The highest BCUT2D eigenvalue weighted by molar-refractivity contribution is 6.99. The second kappa shape index (κ2) is 11.9. The minimum absolute atomic E-state index is 0.160. The first kappa shape index (κ1) is 28.8. The number of rotatable bonds is 8. The van der Waals surface area contributed by atoms with Crippen LogP contribution in [0.2, 0.25) is 5.04 Å². The fraction of sp³-hybridized carbons (Fsp3) is 0.394. The van der Waals surface area contributed by atoms with Crippen molar-refractivity contribution in [2.24, 2.45) is 11.3 Å². The molecule has 0 N–H and O–H groups in total. The molecule has 0 saturated heterocycles. The highest BCUT2D eigenvalue weighted by atomic mass is 28.4. The number of ether oxygens (including phenoxy) is 2. The number of benzene rings is 3. The maximum Gasteiger partial charge on any atom is 0.312 e. The first-order chi connectivity index (χ1) is 18.6. The molecule has 1 fully saturated rings. The van der Waals surface area contributed by atoms with Crippen molar-refractivity contribution < 1.29 is 23.5 Å². The van der Waals surface area contributed by atoms with E-state index in [9.17, 15) is 9.59 Å². The Labute approximate surface area is 233 Å². The molecule has 3 atom stereocenters. The number of esters is 2. The van der Waals surface area contributed by atoms with Crippen LogP contribution in [0.5, 0.6) is 0 Å². The molecule has 4 rings (SSSR count). The van der Waals surface area contributed by atoms with Gasteiger partial charge in [0.1, 0.15) is 6.61 Å². The first-order valence-corrected chi connectivity index (χ1v) is 15.6. The summed E-state index contributed by atoms with van der Waals surface area (Å²) >= 11 is 0. The Hall–Kier alpha value is -3.22. The molecule has 1 aliphatic rings. The van der Waals surface area contributed by atoms with Gasteiger partial charge in [-0.25, -0.2) is 0 Å². The summed E-state index contributed by atoms with van der Waals surface area (Å²) in [5, 5.41) is 2.18. The van der Waals surface area contributed by atoms with Crippen LogP contribution in [-0.4, -0.2) is 33.5 Å². The van der Waals surface area contributed by atoms with Crippen LogP contribution < -0.4 is 10.4 Å². The minimum atomic E-state index is -2.82. The van der Waals surface area contributed by atoms with Crippen molar-refractivity contribution in [2.45, 2.75) is 64.7 Å². The Balaban J connectivity index is 1.69. The number of carbonyl (C=O) groups is 2. The molecule has 1 aliphatic carbocycles. The third kappa shape index (κ3) is 5.87. The van der Waals surface area contributed by atoms with Crippen LogP contribution in [0, 0.1) is 11.3 Å². The van der Waals surface area contributed by atoms with Gasteiger partial charge in [0, 0.05) is 6.10 Å². The topological polar surface area (TPSA) is 61.8 Å². The standard InChI is InChI=1S/C33H40O5Si/c1-32(2,3)39(27-17-11-7-12-18-27,28-19-13-8-14-20-28)38-26-21-22-33(4,31(35)36-5)29(23-26)30(34)37-24-25-15-9-6-10-16-25/h6-20,26,29H,21-24H2,1-5H3/t26-,29+,33+/m1/s1. The third-order valence-corrected chi connectivity index (χ3v) is 13.3. The van der Waals surface area contributed by atoms with E-state index in [1.807, 2.05) is 49.4 Å². The minimum Gasteiger partial charge on any atom is -0.469 e. The second-order valence-corrected chi connectivity index (χ2v) is 16.0. The summed E-state index contributed by atoms with van der Waals surface area (Å²) in [7, 11) is -1.44. The molecule has 0 radical (unpaired) electrons. The van der Waals surface area contributed by atoms with Gasteiger partial charge in [-0.3, -0.25) is 9.59 Å². The molecule has 3 aromatic rings. The Kier molecular flexibility index (Phi) is 8.77. The zero-order valence-corrected chi connectivity index (χ0v) is 24.7. The summed E-state index contributed by atoms with van der Waals surface area (Å²) in [5.41, 5.74) is -0.0741. The van der Waals surface area contributed by atoms with Crippen molar-refractivity contribution in [1.82, 2.24) is 0 Å². The van der Waals surface area contributed by atoms with Gasteiger partial charge in [0.25, 0.3) is 8.32 Å². The van der Waals surface area contributed by atoms with Crippen LogP contribution >= 0.6 is 0 Å². The number of carbonyl (C=O) groups excluding carboxylic acids is 2. The summed E-state index contributed by atoms with van der Waals surface area (Å²) in [5.74, 6) is -1.44. The summed E-state index contributed by atoms with van der Waals surface area (Å²) in [6, 6.07) is 30.5. The lowest BCUT2D eigenvalue weighted by molar-refractivity contribution is -0.173. The largest absolute Gasteiger partial charge is 0.469 e. The third-order valence-electron chi connectivity index (χ3n) is 8.17. The van der Waals surface area contributed by atoms with Gasteiger partial charge in [-0.15, -0.1) is 0 Å². The van der Waals surface area contributed by atoms with Crippen molar-refractivity contribution in [1.29, 1.82) is 0 Å². The zero-order chi connectivity index (χ0) is 28.1. The molecule has 0 bridgehead atoms. The van der Waals surface area contributed by atoms with Crippen molar-refractivity contribution in [3.8, 4) is 0 Å². The van der Waals surface area contributed by atoms with E-state index in [2.05, 4.69) is 69.3 Å². The molecular formula is C33H40O5Si. The van der Waals surface area contributed by atoms with Gasteiger partial charge in [-0.05, 0) is 47.2 Å². The maximum atomic E-state index is 13.6. The first-order valence-electron chi connectivity index (χ1n) is 13.7. The van der Waals surface area contributed by atoms with Crippen LogP contribution in [0.25, 0.3) is 0 Å². The lowest BCUT2D eigenvalue weighted by atomic mass is 9.66. The Morgan fingerprint density at radius 3 is 1.87 bits per heavy atom. The predicted molar refractivity (Wildman–Crippen MR) is 156 cm³/mol. The molecule has 0 aliphatic heterocycles. The smallest absolute Gasteiger partial charge is 0.312 e. The molecular weight excluding hydrogens is 504 g/mol. The molecule has 0 unspecified atom stereocenters. The molecule has 0 amide bonds. The van der Waals surface area contributed by atoms with Gasteiger partial charge in [0.05, 0.1) is 18.4 Å². The van der Waals surface area contributed by atoms with E-state index in [1.54, 1.807) is 0 Å². The van der Waals surface area contributed by atoms with Crippen LogP contribution in [0.15, 0.2) is 91.0 Å². The maximum absolute atomic E-state index is 13.6. The molecule has 206 valence electrons. The highest BCUT2D eigenvalue weighted by Crippen LogP contribution is 2.46. The Morgan fingerprint density at radius 1 is 0.872 bits per heavy atom. The van der Waals surface area contributed by atoms with Gasteiger partial charge < -0.3 is 13.9 Å². The average molecular weight is 545 g/mol. The van der Waals surface area contributed by atoms with E-state index < -0.39 is 19.7 Å². The van der Waals surface area contributed by atoms with E-state index in [-0.39, 0.29) is 29.7 Å². The SMILES string of the molecule is COC(=O)[C@@]1(C)CC[C@@H](O[Si](c2ccccc2)(c2ccccc2)C(C)(C)C)C[C@H]1C(=O)OCc1ccccc1. The molecule has 1 saturated carbocycles. The monoisotopic (exact) mass is 544 g/mol. The summed E-state index contributed by atoms with van der Waals surface area (Å²) in [4.78, 5) is 26.6. The summed E-state index contributed by atoms with van der Waals surface area (Å²) in [6.07, 6.45) is 1.30. The number of hydrogen-bond donors (Lipinski definition) is 0. The zero-order valence-electron chi connectivity index (χ0n) is 23.7. The average Bonchev–Trinajstić information content (AvgIpc) is 2.95. The molecule has 0 spiro atoms. The summed E-state index contributed by atoms with van der Waals surface area (Å²) in [6.45, 7) is 8.71. The van der Waals surface area contributed by atoms with E-state index in [0.717, 1.165) is 5.56 Å². The number of hydrogen-bond acceptors (Lipinski definition) is 5. The highest BCUT2D eigenvalue weighted by Gasteiger charge is 2.55. The molecule has 39 heavy (non-hydrogen) atoms. The van der Waals surface area contributed by atoms with E-state index >= 15 is 0 Å². The normalized spacial score (nSPS) is 21.7. The fourth-order valence-electron chi connectivity index (χ4n) is 5.99. The van der Waals surface area contributed by atoms with Gasteiger partial charge in [-0.1, -0.05) is 112 Å². The van der Waals surface area contributed by atoms with Gasteiger partial charge in [0.15, 0.2) is 0 Å². The molecule has 0 heterocycles. The lowest BCUT2D eigenvalue weighted by Crippen LogP contribution is -2.68. The molecule has 0 aromatic heterocycles. The summed E-state index contributed by atoms with van der Waals surface area (Å²) < 4.78 is 18.3. The second-order valence-electron chi connectivity index (χ2n) is 11.7. The van der Waals surface area contributed by atoms with E-state index in [1.165, 1.54) is 17.5 Å². The van der Waals surface area contributed by atoms with Crippen LogP contribution in [0.1, 0.15) is 52.5 Å². The van der Waals surface area contributed by atoms with Crippen molar-refractivity contribution in [3.63, 3.8) is 0 Å². The van der Waals surface area contributed by atoms with E-state index in [0.29, 0.717) is 19.3 Å². The Bertz CT molecular complexity index is 1200. The molecule has 5 nitrogen and oxygen atoms in total. The lowest BCUT2D eigenvalue weighted by Gasteiger charge is -2.48. The van der Waals surface area contributed by atoms with Gasteiger partial charge in [0.2, 0.25) is 0 Å². The fourth-order valence-corrected chi connectivity index (χ4v) is 10.7. The van der Waals surface area contributed by atoms with Gasteiger partial charge in [-0.2, -0.15) is 0 Å². The Morgan fingerprint density at radius 2 is 1.38 bits per heavy atom. The van der Waals surface area contributed by atoms with E-state index in [4.69, 9.17) is 13.9 Å².